The molecule has 0 spiro atoms. The molecule has 5 heteroatoms. The first-order valence-electron chi connectivity index (χ1n) is 5.97. The molecule has 0 aliphatic carbocycles. The number of aliphatic hydroxyl groups is 1. The van der Waals surface area contributed by atoms with E-state index in [0.29, 0.717) is 11.3 Å². The molecule has 0 aliphatic heterocycles. The Bertz CT molecular complexity index is 412. The van der Waals surface area contributed by atoms with Crippen molar-refractivity contribution in [2.45, 2.75) is 19.3 Å². The van der Waals surface area contributed by atoms with Gasteiger partial charge in [0, 0.05) is 25.8 Å². The molecular weight excluding hydrogens is 251 g/mol. The second kappa shape index (κ2) is 7.28. The molecule has 0 amide bonds. The fourth-order valence-corrected chi connectivity index (χ4v) is 1.85. The number of unbranched alkanes of at least 4 members (excludes halogenated alkanes) is 2. The summed E-state index contributed by atoms with van der Waals surface area (Å²) in [4.78, 5) is 2.06. The summed E-state index contributed by atoms with van der Waals surface area (Å²) in [6.07, 6.45) is 2.65. The van der Waals surface area contributed by atoms with Crippen molar-refractivity contribution in [2.24, 2.45) is 5.73 Å². The molecule has 0 saturated heterocycles. The van der Waals surface area contributed by atoms with Gasteiger partial charge in [0.15, 0.2) is 0 Å². The molecule has 1 aromatic carbocycles. The number of nitrogens with two attached hydrogens (primary N) is 1. The number of aliphatic hydroxyl groups excluding tert-OH is 1. The van der Waals surface area contributed by atoms with Gasteiger partial charge in [-0.05, 0) is 37.5 Å². The third kappa shape index (κ3) is 4.23. The molecule has 0 heterocycles. The Hall–Kier alpha value is -1.20. The van der Waals surface area contributed by atoms with Gasteiger partial charge in [0.25, 0.3) is 0 Å². The Kier molecular flexibility index (Phi) is 6.01. The van der Waals surface area contributed by atoms with Crippen LogP contribution < -0.4 is 10.6 Å². The van der Waals surface area contributed by atoms with E-state index in [9.17, 15) is 4.39 Å². The van der Waals surface area contributed by atoms with Crippen LogP contribution >= 0.6 is 12.2 Å². The van der Waals surface area contributed by atoms with E-state index in [4.69, 9.17) is 23.1 Å². The molecule has 0 atom stereocenters. The predicted octanol–water partition coefficient (Wildman–Crippen LogP) is 2.06. The topological polar surface area (TPSA) is 49.5 Å². The molecule has 1 rings (SSSR count). The average Bonchev–Trinajstić information content (AvgIpc) is 2.34. The van der Waals surface area contributed by atoms with Gasteiger partial charge in [-0.15, -0.1) is 0 Å². The van der Waals surface area contributed by atoms with E-state index in [1.165, 1.54) is 6.07 Å². The summed E-state index contributed by atoms with van der Waals surface area (Å²) in [5, 5.41) is 8.68. The van der Waals surface area contributed by atoms with Crippen LogP contribution in [0.2, 0.25) is 0 Å². The minimum Gasteiger partial charge on any atom is -0.396 e. The van der Waals surface area contributed by atoms with Crippen LogP contribution in [-0.2, 0) is 0 Å². The second-order valence-corrected chi connectivity index (χ2v) is 4.68. The van der Waals surface area contributed by atoms with Gasteiger partial charge in [0.1, 0.15) is 10.8 Å². The Labute approximate surface area is 112 Å². The van der Waals surface area contributed by atoms with Crippen molar-refractivity contribution in [3.05, 3.63) is 29.6 Å². The maximum absolute atomic E-state index is 13.8. The van der Waals surface area contributed by atoms with E-state index in [0.717, 1.165) is 25.8 Å². The van der Waals surface area contributed by atoms with E-state index in [1.807, 2.05) is 11.9 Å². The van der Waals surface area contributed by atoms with Gasteiger partial charge in [0.2, 0.25) is 0 Å². The van der Waals surface area contributed by atoms with E-state index >= 15 is 0 Å². The molecule has 18 heavy (non-hydrogen) atoms. The summed E-state index contributed by atoms with van der Waals surface area (Å²) in [6, 6.07) is 4.78. The van der Waals surface area contributed by atoms with Gasteiger partial charge in [-0.3, -0.25) is 0 Å². The highest BCUT2D eigenvalue weighted by Gasteiger charge is 2.09. The summed E-state index contributed by atoms with van der Waals surface area (Å²) in [7, 11) is 1.85. The first-order valence-corrected chi connectivity index (χ1v) is 6.38. The van der Waals surface area contributed by atoms with E-state index < -0.39 is 0 Å². The standard InChI is InChI=1S/C13H19FN2OS/c1-16(7-3-2-4-8-17)12-6-5-10(13(15)18)9-11(12)14/h5-6,9,17H,2-4,7-8H2,1H3,(H2,15,18). The molecule has 3 N–H and O–H groups in total. The van der Waals surface area contributed by atoms with Crippen LogP contribution in [0.15, 0.2) is 18.2 Å². The fourth-order valence-electron chi connectivity index (χ4n) is 1.73. The minimum absolute atomic E-state index is 0.200. The van der Waals surface area contributed by atoms with Crippen molar-refractivity contribution in [2.75, 3.05) is 25.1 Å². The van der Waals surface area contributed by atoms with Crippen LogP contribution in [-0.4, -0.2) is 30.3 Å². The number of hydrogen-bond acceptors (Lipinski definition) is 3. The van der Waals surface area contributed by atoms with Crippen molar-refractivity contribution < 1.29 is 9.50 Å². The molecule has 0 unspecified atom stereocenters. The predicted molar refractivity (Wildman–Crippen MR) is 76.5 cm³/mol. The lowest BCUT2D eigenvalue weighted by Crippen LogP contribution is -2.20. The monoisotopic (exact) mass is 270 g/mol. The minimum atomic E-state index is -0.315. The average molecular weight is 270 g/mol. The van der Waals surface area contributed by atoms with Gasteiger partial charge in [-0.25, -0.2) is 4.39 Å². The summed E-state index contributed by atoms with van der Waals surface area (Å²) >= 11 is 4.80. The van der Waals surface area contributed by atoms with Crippen LogP contribution in [0.25, 0.3) is 0 Å². The quantitative estimate of drug-likeness (QED) is 0.588. The van der Waals surface area contributed by atoms with Gasteiger partial charge < -0.3 is 15.7 Å². The zero-order valence-electron chi connectivity index (χ0n) is 10.5. The smallest absolute Gasteiger partial charge is 0.147 e. The van der Waals surface area contributed by atoms with E-state index in [1.54, 1.807) is 12.1 Å². The Morgan fingerprint density at radius 3 is 2.67 bits per heavy atom. The van der Waals surface area contributed by atoms with E-state index in [2.05, 4.69) is 0 Å². The number of hydrogen-bond donors (Lipinski definition) is 2. The molecule has 0 saturated carbocycles. The molecule has 100 valence electrons. The first kappa shape index (κ1) is 14.9. The SMILES string of the molecule is CN(CCCCCO)c1ccc(C(N)=S)cc1F. The van der Waals surface area contributed by atoms with Crippen molar-refractivity contribution in [3.8, 4) is 0 Å². The summed E-state index contributed by atoms with van der Waals surface area (Å²) in [5.41, 5.74) is 6.53. The van der Waals surface area contributed by atoms with Crippen molar-refractivity contribution >= 4 is 22.9 Å². The lowest BCUT2D eigenvalue weighted by Gasteiger charge is -2.20. The number of nitrogens with zero attached hydrogens (tertiary/aromatic N) is 1. The lowest BCUT2D eigenvalue weighted by molar-refractivity contribution is 0.283. The maximum Gasteiger partial charge on any atom is 0.147 e. The van der Waals surface area contributed by atoms with Crippen LogP contribution in [0.5, 0.6) is 0 Å². The molecule has 3 nitrogen and oxygen atoms in total. The molecule has 0 fully saturated rings. The molecule has 0 radical (unpaired) electrons. The zero-order valence-corrected chi connectivity index (χ0v) is 11.3. The number of thiocarbonyl (C=S) groups is 1. The lowest BCUT2D eigenvalue weighted by atomic mass is 10.1. The number of halogens is 1. The Morgan fingerprint density at radius 1 is 1.39 bits per heavy atom. The zero-order chi connectivity index (χ0) is 13.5. The molecule has 0 aromatic heterocycles. The fraction of sp³-hybridized carbons (Fsp3) is 0.462. The van der Waals surface area contributed by atoms with E-state index in [-0.39, 0.29) is 17.4 Å². The number of rotatable bonds is 7. The third-order valence-electron chi connectivity index (χ3n) is 2.80. The normalized spacial score (nSPS) is 10.4. The maximum atomic E-state index is 13.8. The summed E-state index contributed by atoms with van der Waals surface area (Å²) in [6.45, 7) is 0.962. The first-order chi connectivity index (χ1) is 8.56. The summed E-state index contributed by atoms with van der Waals surface area (Å²) < 4.78 is 13.8. The number of anilines is 1. The molecule has 0 bridgehead atoms. The Morgan fingerprint density at radius 2 is 2.11 bits per heavy atom. The highest BCUT2D eigenvalue weighted by molar-refractivity contribution is 7.80. The molecule has 0 aliphatic rings. The van der Waals surface area contributed by atoms with Crippen LogP contribution in [0.1, 0.15) is 24.8 Å². The van der Waals surface area contributed by atoms with Gasteiger partial charge in [-0.1, -0.05) is 12.2 Å². The highest BCUT2D eigenvalue weighted by atomic mass is 32.1. The van der Waals surface area contributed by atoms with Crippen LogP contribution in [0.3, 0.4) is 0 Å². The summed E-state index contributed by atoms with van der Waals surface area (Å²) in [5.74, 6) is -0.315. The Balaban J connectivity index is 2.62. The van der Waals surface area contributed by atoms with Crippen LogP contribution in [0.4, 0.5) is 10.1 Å². The van der Waals surface area contributed by atoms with Crippen LogP contribution in [0, 0.1) is 5.82 Å². The van der Waals surface area contributed by atoms with Crippen molar-refractivity contribution in [1.29, 1.82) is 0 Å². The van der Waals surface area contributed by atoms with Crippen molar-refractivity contribution in [1.82, 2.24) is 0 Å². The second-order valence-electron chi connectivity index (χ2n) is 4.24. The molecular formula is C13H19FN2OS. The largest absolute Gasteiger partial charge is 0.396 e. The number of benzene rings is 1. The van der Waals surface area contributed by atoms with Gasteiger partial charge >= 0.3 is 0 Å². The third-order valence-corrected chi connectivity index (χ3v) is 3.03. The molecule has 1 aromatic rings. The highest BCUT2D eigenvalue weighted by Crippen LogP contribution is 2.20. The van der Waals surface area contributed by atoms with Crippen molar-refractivity contribution in [3.63, 3.8) is 0 Å². The van der Waals surface area contributed by atoms with Gasteiger partial charge in [-0.2, -0.15) is 0 Å². The van der Waals surface area contributed by atoms with Gasteiger partial charge in [0.05, 0.1) is 5.69 Å².